The fourth-order valence-corrected chi connectivity index (χ4v) is 5.07. The molecular weight excluding hydrogens is 444 g/mol. The number of carbonyl (C=O) groups is 1. The molecular formula is C23H26N4O5S. The third kappa shape index (κ3) is 5.00. The van der Waals surface area contributed by atoms with Gasteiger partial charge in [-0.1, -0.05) is 13.0 Å². The van der Waals surface area contributed by atoms with E-state index in [1.807, 2.05) is 0 Å². The van der Waals surface area contributed by atoms with Gasteiger partial charge in [0.05, 0.1) is 11.8 Å². The lowest BCUT2D eigenvalue weighted by molar-refractivity contribution is 0.0981. The van der Waals surface area contributed by atoms with Crippen LogP contribution in [0.1, 0.15) is 43.3 Å². The molecule has 3 aromatic rings. The average Bonchev–Trinajstić information content (AvgIpc) is 3.38. The summed E-state index contributed by atoms with van der Waals surface area (Å²) in [5, 5.41) is -0.326. The van der Waals surface area contributed by atoms with Gasteiger partial charge in [-0.05, 0) is 56.5 Å². The van der Waals surface area contributed by atoms with Crippen molar-refractivity contribution in [2.75, 3.05) is 11.4 Å². The van der Waals surface area contributed by atoms with Gasteiger partial charge < -0.3 is 14.1 Å². The monoisotopic (exact) mass is 470 g/mol. The third-order valence-electron chi connectivity index (χ3n) is 5.50. The summed E-state index contributed by atoms with van der Waals surface area (Å²) in [6, 6.07) is 11.0. The number of nitrogens with zero attached hydrogens (tertiary/aromatic N) is 3. The lowest BCUT2D eigenvalue weighted by Crippen LogP contribution is -2.41. The molecule has 0 radical (unpaired) electrons. The van der Waals surface area contributed by atoms with Gasteiger partial charge in [-0.15, -0.1) is 0 Å². The Bertz CT molecular complexity index is 1240. The van der Waals surface area contributed by atoms with Crippen molar-refractivity contribution >= 4 is 21.7 Å². The van der Waals surface area contributed by atoms with Crippen LogP contribution in [0, 0.1) is 5.92 Å². The molecule has 1 amide bonds. The Morgan fingerprint density at radius 2 is 2.06 bits per heavy atom. The molecule has 10 heteroatoms. The second-order valence-corrected chi connectivity index (χ2v) is 10.4. The van der Waals surface area contributed by atoms with E-state index >= 15 is 0 Å². The summed E-state index contributed by atoms with van der Waals surface area (Å²) in [6.07, 6.45) is 4.05. The minimum Gasteiger partial charge on any atom is -0.469 e. The number of sulfonamides is 1. The van der Waals surface area contributed by atoms with Crippen LogP contribution in [0.15, 0.2) is 64.4 Å². The second-order valence-electron chi connectivity index (χ2n) is 8.72. The Kier molecular flexibility index (Phi) is 6.11. The molecule has 1 N–H and O–H groups in total. The van der Waals surface area contributed by atoms with Crippen molar-refractivity contribution < 1.29 is 22.4 Å². The van der Waals surface area contributed by atoms with Gasteiger partial charge in [-0.3, -0.25) is 4.79 Å². The van der Waals surface area contributed by atoms with E-state index in [0.717, 1.165) is 13.0 Å². The maximum absolute atomic E-state index is 13.0. The first-order valence-electron chi connectivity index (χ1n) is 10.6. The van der Waals surface area contributed by atoms with Crippen molar-refractivity contribution in [3.8, 4) is 5.88 Å². The fraction of sp³-hybridized carbons (Fsp3) is 0.348. The normalized spacial score (nSPS) is 17.7. The van der Waals surface area contributed by atoms with Crippen LogP contribution in [0.3, 0.4) is 0 Å². The van der Waals surface area contributed by atoms with Gasteiger partial charge >= 0.3 is 0 Å². The molecule has 33 heavy (non-hydrogen) atoms. The maximum atomic E-state index is 13.0. The largest absolute Gasteiger partial charge is 0.469 e. The quantitative estimate of drug-likeness (QED) is 0.559. The Morgan fingerprint density at radius 1 is 1.24 bits per heavy atom. The fourth-order valence-electron chi connectivity index (χ4n) is 4.14. The van der Waals surface area contributed by atoms with Gasteiger partial charge in [0.15, 0.2) is 5.03 Å². The first-order chi connectivity index (χ1) is 15.7. The van der Waals surface area contributed by atoms with E-state index in [2.05, 4.69) is 40.4 Å². The predicted molar refractivity (Wildman–Crippen MR) is 121 cm³/mol. The molecule has 9 nitrogen and oxygen atoms in total. The van der Waals surface area contributed by atoms with Crippen LogP contribution >= 0.6 is 0 Å². The summed E-state index contributed by atoms with van der Waals surface area (Å²) >= 11 is 0. The van der Waals surface area contributed by atoms with Crippen molar-refractivity contribution in [2.24, 2.45) is 5.92 Å². The van der Waals surface area contributed by atoms with E-state index in [9.17, 15) is 13.2 Å². The number of hydrogen-bond acceptors (Lipinski definition) is 8. The summed E-state index contributed by atoms with van der Waals surface area (Å²) < 4.78 is 38.6. The number of nitrogens with one attached hydrogen (secondary N) is 1. The molecule has 0 aliphatic carbocycles. The molecule has 3 aromatic heterocycles. The summed E-state index contributed by atoms with van der Waals surface area (Å²) in [7, 11) is -4.24. The van der Waals surface area contributed by atoms with Gasteiger partial charge in [0.1, 0.15) is 18.2 Å². The van der Waals surface area contributed by atoms with Crippen molar-refractivity contribution in [3.05, 3.63) is 66.2 Å². The van der Waals surface area contributed by atoms with Crippen LogP contribution < -0.4 is 14.4 Å². The highest BCUT2D eigenvalue weighted by Gasteiger charge is 2.39. The van der Waals surface area contributed by atoms with Crippen LogP contribution in [0.25, 0.3) is 0 Å². The first-order valence-corrected chi connectivity index (χ1v) is 12.1. The number of pyridine rings is 2. The van der Waals surface area contributed by atoms with E-state index in [4.69, 9.17) is 9.15 Å². The van der Waals surface area contributed by atoms with Gasteiger partial charge in [-0.25, -0.2) is 9.71 Å². The molecule has 0 saturated carbocycles. The Balaban J connectivity index is 1.54. The molecule has 1 fully saturated rings. The number of anilines is 1. The number of amides is 1. The van der Waals surface area contributed by atoms with Crippen LogP contribution in [-0.2, 0) is 16.6 Å². The highest BCUT2D eigenvalue weighted by Crippen LogP contribution is 2.37. The molecule has 0 aromatic carbocycles. The highest BCUT2D eigenvalue weighted by molar-refractivity contribution is 7.90. The number of aromatic nitrogens is 2. The molecule has 4 rings (SSSR count). The first kappa shape index (κ1) is 22.8. The molecule has 174 valence electrons. The van der Waals surface area contributed by atoms with Crippen LogP contribution in [0.5, 0.6) is 5.88 Å². The minimum absolute atomic E-state index is 0.0941. The molecule has 4 heterocycles. The predicted octanol–water partition coefficient (Wildman–Crippen LogP) is 3.39. The summed E-state index contributed by atoms with van der Waals surface area (Å²) in [5.41, 5.74) is -0.0171. The molecule has 1 aliphatic rings. The van der Waals surface area contributed by atoms with E-state index in [0.29, 0.717) is 17.5 Å². The number of carbonyl (C=O) groups excluding carboxylic acids is 1. The molecule has 1 saturated heterocycles. The standard InChI is InChI=1S/C23H26N4O5S/c1-16-13-23(2,3)27(14-16)21-18(8-5-11-24-21)22(28)26-33(29,30)20-10-4-9-19(25-20)32-15-17-7-6-12-31-17/h4-12,16H,13-15H2,1-3H3,(H,26,28). The lowest BCUT2D eigenvalue weighted by Gasteiger charge is -2.33. The van der Waals surface area contributed by atoms with Crippen molar-refractivity contribution in [2.45, 2.75) is 44.4 Å². The van der Waals surface area contributed by atoms with E-state index in [1.165, 1.54) is 24.5 Å². The zero-order valence-electron chi connectivity index (χ0n) is 18.7. The van der Waals surface area contributed by atoms with Crippen LogP contribution in [0.2, 0.25) is 0 Å². The summed E-state index contributed by atoms with van der Waals surface area (Å²) in [4.78, 5) is 23.5. The molecule has 1 aliphatic heterocycles. The lowest BCUT2D eigenvalue weighted by atomic mass is 9.97. The Labute approximate surface area is 192 Å². The van der Waals surface area contributed by atoms with Crippen LogP contribution in [0.4, 0.5) is 5.82 Å². The smallest absolute Gasteiger partial charge is 0.281 e. The number of rotatable bonds is 7. The maximum Gasteiger partial charge on any atom is 0.281 e. The number of furan rings is 1. The third-order valence-corrected chi connectivity index (χ3v) is 6.73. The van der Waals surface area contributed by atoms with Gasteiger partial charge in [-0.2, -0.15) is 13.4 Å². The van der Waals surface area contributed by atoms with Crippen molar-refractivity contribution in [1.82, 2.24) is 14.7 Å². The zero-order chi connectivity index (χ0) is 23.6. The summed E-state index contributed by atoms with van der Waals surface area (Å²) in [6.45, 7) is 7.14. The van der Waals surface area contributed by atoms with Gasteiger partial charge in [0, 0.05) is 24.3 Å². The minimum atomic E-state index is -4.24. The summed E-state index contributed by atoms with van der Waals surface area (Å²) in [5.74, 6) is 0.785. The van der Waals surface area contributed by atoms with Crippen LogP contribution in [-0.4, -0.2) is 36.4 Å². The van der Waals surface area contributed by atoms with Crippen molar-refractivity contribution in [3.63, 3.8) is 0 Å². The number of hydrogen-bond donors (Lipinski definition) is 1. The molecule has 0 bridgehead atoms. The Morgan fingerprint density at radius 3 is 2.76 bits per heavy atom. The molecule has 1 unspecified atom stereocenters. The van der Waals surface area contributed by atoms with E-state index in [1.54, 1.807) is 30.5 Å². The van der Waals surface area contributed by atoms with E-state index < -0.39 is 15.9 Å². The topological polar surface area (TPSA) is 115 Å². The van der Waals surface area contributed by atoms with Gasteiger partial charge in [0.25, 0.3) is 15.9 Å². The SMILES string of the molecule is CC1CN(c2ncccc2C(=O)NS(=O)(=O)c2cccc(OCc3ccco3)n2)C(C)(C)C1. The Hall–Kier alpha value is -3.40. The molecule has 0 spiro atoms. The van der Waals surface area contributed by atoms with E-state index in [-0.39, 0.29) is 28.6 Å². The average molecular weight is 471 g/mol. The molecule has 1 atom stereocenters. The second kappa shape index (κ2) is 8.86. The van der Waals surface area contributed by atoms with Gasteiger partial charge in [0.2, 0.25) is 5.88 Å². The highest BCUT2D eigenvalue weighted by atomic mass is 32.2. The van der Waals surface area contributed by atoms with Crippen molar-refractivity contribution in [1.29, 1.82) is 0 Å². The zero-order valence-corrected chi connectivity index (χ0v) is 19.5. The number of ether oxygens (including phenoxy) is 1.